The predicted octanol–water partition coefficient (Wildman–Crippen LogP) is 0.378. The van der Waals surface area contributed by atoms with E-state index in [0.717, 1.165) is 12.1 Å². The van der Waals surface area contributed by atoms with Crippen molar-refractivity contribution in [3.05, 3.63) is 28.8 Å². The Hall–Kier alpha value is -2.17. The number of primary sulfonamides is 1. The molecule has 0 spiro atoms. The van der Waals surface area contributed by atoms with Crippen LogP contribution in [-0.2, 0) is 19.6 Å². The van der Waals surface area contributed by atoms with Crippen molar-refractivity contribution in [1.29, 1.82) is 0 Å². The number of sulfonamides is 1. The van der Waals surface area contributed by atoms with Gasteiger partial charge in [0, 0.05) is 6.54 Å². The average molecular weight is 378 g/mol. The molecule has 0 aliphatic rings. The fraction of sp³-hybridized carbons (Fsp3) is 0.308. The molecule has 0 fully saturated rings. The molecule has 4 N–H and O–H groups in total. The minimum Gasteiger partial charge on any atom is -0.449 e. The van der Waals surface area contributed by atoms with Crippen LogP contribution >= 0.6 is 11.6 Å². The molecule has 0 aromatic heterocycles. The Morgan fingerprint density at radius 3 is 2.50 bits per heavy atom. The van der Waals surface area contributed by atoms with Gasteiger partial charge in [-0.15, -0.1) is 0 Å². The zero-order valence-electron chi connectivity index (χ0n) is 12.8. The van der Waals surface area contributed by atoms with Crippen molar-refractivity contribution in [3.63, 3.8) is 0 Å². The number of carbonyl (C=O) groups is 3. The van der Waals surface area contributed by atoms with Gasteiger partial charge in [-0.05, 0) is 32.0 Å². The molecular weight excluding hydrogens is 362 g/mol. The predicted molar refractivity (Wildman–Crippen MR) is 84.9 cm³/mol. The largest absolute Gasteiger partial charge is 0.449 e. The van der Waals surface area contributed by atoms with Gasteiger partial charge in [-0.2, -0.15) is 0 Å². The monoisotopic (exact) mass is 377 g/mol. The number of urea groups is 1. The van der Waals surface area contributed by atoms with Crippen LogP contribution in [-0.4, -0.2) is 39.0 Å². The second-order valence-electron chi connectivity index (χ2n) is 4.59. The molecule has 0 aliphatic heterocycles. The summed E-state index contributed by atoms with van der Waals surface area (Å²) in [4.78, 5) is 34.5. The molecule has 1 atom stereocenters. The van der Waals surface area contributed by atoms with Crippen molar-refractivity contribution in [3.8, 4) is 0 Å². The highest BCUT2D eigenvalue weighted by Gasteiger charge is 2.22. The third kappa shape index (κ3) is 5.48. The SMILES string of the molecule is CCNC(=O)NC(=O)[C@@H](C)OC(=O)c1ccc(Cl)c(S(N)(=O)=O)c1. The highest BCUT2D eigenvalue weighted by atomic mass is 35.5. The van der Waals surface area contributed by atoms with Crippen LogP contribution in [0.3, 0.4) is 0 Å². The Bertz CT molecular complexity index is 765. The normalized spacial score (nSPS) is 12.2. The van der Waals surface area contributed by atoms with Gasteiger partial charge in [-0.25, -0.2) is 23.1 Å². The summed E-state index contributed by atoms with van der Waals surface area (Å²) in [6.07, 6.45) is -1.28. The molecule has 0 saturated carbocycles. The van der Waals surface area contributed by atoms with Crippen molar-refractivity contribution in [2.45, 2.75) is 24.8 Å². The van der Waals surface area contributed by atoms with E-state index in [2.05, 4.69) is 5.32 Å². The minimum absolute atomic E-state index is 0.156. The second kappa shape index (κ2) is 8.08. The smallest absolute Gasteiger partial charge is 0.338 e. The van der Waals surface area contributed by atoms with Gasteiger partial charge in [-0.3, -0.25) is 10.1 Å². The molecule has 132 valence electrons. The topological polar surface area (TPSA) is 145 Å². The number of carbonyl (C=O) groups excluding carboxylic acids is 3. The van der Waals surface area contributed by atoms with Gasteiger partial charge >= 0.3 is 12.0 Å². The number of rotatable bonds is 5. The number of imide groups is 1. The molecule has 0 unspecified atom stereocenters. The number of nitrogens with one attached hydrogen (secondary N) is 2. The van der Waals surface area contributed by atoms with E-state index in [0.29, 0.717) is 6.54 Å². The van der Waals surface area contributed by atoms with E-state index in [1.165, 1.54) is 13.0 Å². The Morgan fingerprint density at radius 1 is 1.33 bits per heavy atom. The first-order valence-electron chi connectivity index (χ1n) is 6.68. The summed E-state index contributed by atoms with van der Waals surface area (Å²) in [7, 11) is -4.13. The van der Waals surface area contributed by atoms with Gasteiger partial charge in [0.2, 0.25) is 10.0 Å². The van der Waals surface area contributed by atoms with E-state index in [1.54, 1.807) is 6.92 Å². The summed E-state index contributed by atoms with van der Waals surface area (Å²) >= 11 is 5.71. The minimum atomic E-state index is -4.13. The lowest BCUT2D eigenvalue weighted by Crippen LogP contribution is -2.44. The maximum atomic E-state index is 12.0. The fourth-order valence-electron chi connectivity index (χ4n) is 1.55. The first-order valence-corrected chi connectivity index (χ1v) is 8.60. The molecule has 0 aliphatic carbocycles. The van der Waals surface area contributed by atoms with E-state index in [9.17, 15) is 22.8 Å². The maximum absolute atomic E-state index is 12.0. The molecule has 9 nitrogen and oxygen atoms in total. The summed E-state index contributed by atoms with van der Waals surface area (Å²) < 4.78 is 27.6. The van der Waals surface area contributed by atoms with Gasteiger partial charge in [-0.1, -0.05) is 11.6 Å². The highest BCUT2D eigenvalue weighted by molar-refractivity contribution is 7.89. The second-order valence-corrected chi connectivity index (χ2v) is 6.52. The number of amides is 3. The zero-order valence-corrected chi connectivity index (χ0v) is 14.4. The van der Waals surface area contributed by atoms with Gasteiger partial charge in [0.25, 0.3) is 5.91 Å². The number of halogens is 1. The average Bonchev–Trinajstić information content (AvgIpc) is 2.46. The van der Waals surface area contributed by atoms with E-state index in [1.807, 2.05) is 5.32 Å². The summed E-state index contributed by atoms with van der Waals surface area (Å²) in [6.45, 7) is 3.23. The first kappa shape index (κ1) is 19.9. The molecule has 0 radical (unpaired) electrons. The van der Waals surface area contributed by atoms with E-state index >= 15 is 0 Å². The van der Waals surface area contributed by atoms with Crippen LogP contribution in [0.5, 0.6) is 0 Å². The molecule has 11 heteroatoms. The van der Waals surface area contributed by atoms with Crippen molar-refractivity contribution >= 4 is 39.5 Å². The lowest BCUT2D eigenvalue weighted by Gasteiger charge is -2.13. The van der Waals surface area contributed by atoms with Crippen molar-refractivity contribution in [2.24, 2.45) is 5.14 Å². The third-order valence-electron chi connectivity index (χ3n) is 2.70. The number of hydrogen-bond donors (Lipinski definition) is 3. The number of nitrogens with two attached hydrogens (primary N) is 1. The fourth-order valence-corrected chi connectivity index (χ4v) is 2.62. The molecule has 1 rings (SSSR count). The molecule has 0 bridgehead atoms. The van der Waals surface area contributed by atoms with Crippen LogP contribution < -0.4 is 15.8 Å². The number of benzene rings is 1. The molecular formula is C13H16ClN3O6S. The molecule has 1 aromatic rings. The lowest BCUT2D eigenvalue weighted by molar-refractivity contribution is -0.127. The number of ether oxygens (including phenoxy) is 1. The van der Waals surface area contributed by atoms with Crippen LogP contribution in [0.15, 0.2) is 23.1 Å². The maximum Gasteiger partial charge on any atom is 0.338 e. The van der Waals surface area contributed by atoms with Crippen molar-refractivity contribution in [2.75, 3.05) is 6.54 Å². The molecule has 24 heavy (non-hydrogen) atoms. The van der Waals surface area contributed by atoms with Crippen LogP contribution in [0.25, 0.3) is 0 Å². The summed E-state index contributed by atoms with van der Waals surface area (Å²) in [5, 5.41) is 9.15. The molecule has 1 aromatic carbocycles. The molecule has 0 heterocycles. The molecule has 0 saturated heterocycles. The summed E-state index contributed by atoms with van der Waals surface area (Å²) in [6, 6.07) is 2.59. The first-order chi connectivity index (χ1) is 11.1. The summed E-state index contributed by atoms with van der Waals surface area (Å²) in [5.74, 6) is -1.81. The summed E-state index contributed by atoms with van der Waals surface area (Å²) in [5.41, 5.74) is -0.166. The van der Waals surface area contributed by atoms with Crippen LogP contribution in [0, 0.1) is 0 Å². The Kier molecular flexibility index (Phi) is 6.70. The Morgan fingerprint density at radius 2 is 1.96 bits per heavy atom. The van der Waals surface area contributed by atoms with E-state index in [-0.39, 0.29) is 10.6 Å². The highest BCUT2D eigenvalue weighted by Crippen LogP contribution is 2.22. The van der Waals surface area contributed by atoms with Crippen LogP contribution in [0.4, 0.5) is 4.79 Å². The Balaban J connectivity index is 2.85. The molecule has 3 amide bonds. The standard InChI is InChI=1S/C13H16ClN3O6S/c1-3-16-13(20)17-11(18)7(2)23-12(19)8-4-5-9(14)10(6-8)24(15,21)22/h4-7H,3H2,1-2H3,(H2,15,21,22)(H2,16,17,18,20)/t7-/m1/s1. The number of hydrogen-bond acceptors (Lipinski definition) is 6. The quantitative estimate of drug-likeness (QED) is 0.632. The Labute approximate surface area is 143 Å². The van der Waals surface area contributed by atoms with Crippen molar-refractivity contribution < 1.29 is 27.5 Å². The zero-order chi connectivity index (χ0) is 18.5. The number of esters is 1. The lowest BCUT2D eigenvalue weighted by atomic mass is 10.2. The van der Waals surface area contributed by atoms with Gasteiger partial charge < -0.3 is 10.1 Å². The van der Waals surface area contributed by atoms with E-state index < -0.39 is 38.9 Å². The third-order valence-corrected chi connectivity index (χ3v) is 4.09. The van der Waals surface area contributed by atoms with Crippen molar-refractivity contribution in [1.82, 2.24) is 10.6 Å². The van der Waals surface area contributed by atoms with E-state index in [4.69, 9.17) is 21.5 Å². The van der Waals surface area contributed by atoms with Crippen LogP contribution in [0.1, 0.15) is 24.2 Å². The van der Waals surface area contributed by atoms with Crippen LogP contribution in [0.2, 0.25) is 5.02 Å². The van der Waals surface area contributed by atoms with Gasteiger partial charge in [0.15, 0.2) is 6.10 Å². The van der Waals surface area contributed by atoms with Gasteiger partial charge in [0.1, 0.15) is 4.90 Å². The van der Waals surface area contributed by atoms with Gasteiger partial charge in [0.05, 0.1) is 10.6 Å².